The van der Waals surface area contributed by atoms with Crippen molar-refractivity contribution in [1.82, 2.24) is 10.2 Å². The lowest BCUT2D eigenvalue weighted by atomic mass is 9.71. The molecule has 0 saturated carbocycles. The van der Waals surface area contributed by atoms with Gasteiger partial charge in [-0.2, -0.15) is 4.48 Å². The Hall–Kier alpha value is -3.25. The van der Waals surface area contributed by atoms with Gasteiger partial charge < -0.3 is 4.90 Å². The lowest BCUT2D eigenvalue weighted by Gasteiger charge is -2.65. The minimum atomic E-state index is -1.12. The van der Waals surface area contributed by atoms with Crippen molar-refractivity contribution in [1.29, 1.82) is 0 Å². The number of β-lactam (4-membered cyclic amide) rings is 1. The molecular formula is C26H30N3O3+. The van der Waals surface area contributed by atoms with E-state index in [1.807, 2.05) is 82.3 Å². The molecule has 6 heteroatoms. The van der Waals surface area contributed by atoms with Gasteiger partial charge in [0.15, 0.2) is 0 Å². The van der Waals surface area contributed by atoms with Crippen molar-refractivity contribution in [2.24, 2.45) is 5.41 Å². The van der Waals surface area contributed by atoms with E-state index in [9.17, 15) is 14.4 Å². The number of hydrogen-bond donors (Lipinski definition) is 1. The van der Waals surface area contributed by atoms with Crippen LogP contribution in [0.3, 0.4) is 0 Å². The van der Waals surface area contributed by atoms with Crippen molar-refractivity contribution < 1.29 is 18.9 Å². The van der Waals surface area contributed by atoms with Gasteiger partial charge in [0.05, 0.1) is 7.05 Å². The van der Waals surface area contributed by atoms with Crippen molar-refractivity contribution in [2.45, 2.75) is 39.4 Å². The molecule has 0 radical (unpaired) electrons. The van der Waals surface area contributed by atoms with E-state index in [1.165, 1.54) is 4.90 Å². The third-order valence-corrected chi connectivity index (χ3v) is 6.83. The normalized spacial score (nSPS) is 28.5. The van der Waals surface area contributed by atoms with Crippen LogP contribution in [-0.2, 0) is 20.0 Å². The van der Waals surface area contributed by atoms with Crippen LogP contribution in [-0.4, -0.2) is 47.2 Å². The molecule has 3 fully saturated rings. The summed E-state index contributed by atoms with van der Waals surface area (Å²) < 4.78 is -0.303. The van der Waals surface area contributed by atoms with E-state index in [0.717, 1.165) is 16.7 Å². The summed E-state index contributed by atoms with van der Waals surface area (Å²) in [4.78, 5) is 41.8. The molecule has 0 spiro atoms. The van der Waals surface area contributed by atoms with E-state index in [1.54, 1.807) is 20.2 Å². The van der Waals surface area contributed by atoms with Gasteiger partial charge in [0.2, 0.25) is 23.3 Å². The second-order valence-electron chi connectivity index (χ2n) is 9.89. The number of amides is 3. The molecule has 2 bridgehead atoms. The van der Waals surface area contributed by atoms with Crippen molar-refractivity contribution >= 4 is 23.8 Å². The molecule has 0 aliphatic carbocycles. The number of hydrogen-bond acceptors (Lipinski definition) is 3. The summed E-state index contributed by atoms with van der Waals surface area (Å²) in [5, 5.41) is 3.24. The molecule has 2 aromatic carbocycles. The Morgan fingerprint density at radius 3 is 2.25 bits per heavy atom. The molecule has 3 heterocycles. The summed E-state index contributed by atoms with van der Waals surface area (Å²) in [6.45, 7) is 7.49. The molecule has 2 aromatic rings. The summed E-state index contributed by atoms with van der Waals surface area (Å²) in [7, 11) is 3.39. The smallest absolute Gasteiger partial charge is 0.314 e. The molecular weight excluding hydrogens is 402 g/mol. The highest BCUT2D eigenvalue weighted by molar-refractivity contribution is 6.06. The molecule has 3 unspecified atom stereocenters. The van der Waals surface area contributed by atoms with Gasteiger partial charge in [0.25, 0.3) is 0 Å². The zero-order chi connectivity index (χ0) is 23.5. The minimum absolute atomic E-state index is 0.119. The van der Waals surface area contributed by atoms with Crippen LogP contribution < -0.4 is 5.32 Å². The maximum atomic E-state index is 13.6. The summed E-state index contributed by atoms with van der Waals surface area (Å²) in [6.07, 6.45) is 1.77. The predicted molar refractivity (Wildman–Crippen MR) is 123 cm³/mol. The molecule has 0 aromatic heterocycles. The fourth-order valence-electron chi connectivity index (χ4n) is 4.91. The quantitative estimate of drug-likeness (QED) is 0.460. The molecule has 3 saturated heterocycles. The van der Waals surface area contributed by atoms with Crippen LogP contribution >= 0.6 is 0 Å². The van der Waals surface area contributed by atoms with E-state index in [0.29, 0.717) is 5.70 Å². The van der Waals surface area contributed by atoms with Crippen LogP contribution in [0.4, 0.5) is 0 Å². The van der Waals surface area contributed by atoms with Crippen LogP contribution in [0.2, 0.25) is 0 Å². The van der Waals surface area contributed by atoms with E-state index >= 15 is 0 Å². The second-order valence-corrected chi connectivity index (χ2v) is 9.89. The highest BCUT2D eigenvalue weighted by Crippen LogP contribution is 2.55. The average molecular weight is 433 g/mol. The Balaban J connectivity index is 2.01. The Kier molecular flexibility index (Phi) is 4.90. The number of benzene rings is 2. The predicted octanol–water partition coefficient (Wildman–Crippen LogP) is 3.18. The number of quaternary nitrogens is 1. The van der Waals surface area contributed by atoms with Crippen LogP contribution in [0.1, 0.15) is 37.5 Å². The number of carbonyl (C=O) groups is 3. The van der Waals surface area contributed by atoms with Crippen LogP contribution in [0.15, 0.2) is 60.3 Å². The first-order valence-electron chi connectivity index (χ1n) is 10.8. The minimum Gasteiger partial charge on any atom is -0.314 e. The summed E-state index contributed by atoms with van der Waals surface area (Å²) in [5.41, 5.74) is 1.16. The van der Waals surface area contributed by atoms with Gasteiger partial charge in [-0.1, -0.05) is 75.4 Å². The monoisotopic (exact) mass is 432 g/mol. The van der Waals surface area contributed by atoms with Crippen LogP contribution in [0, 0.1) is 12.3 Å². The largest absolute Gasteiger partial charge is 0.352 e. The summed E-state index contributed by atoms with van der Waals surface area (Å²) in [5.74, 6) is -0.508. The maximum absolute atomic E-state index is 13.6. The fourth-order valence-corrected chi connectivity index (χ4v) is 4.91. The standard InChI is InChI=1S/C26H29N3O3/c1-17-12-10-11-15-19(17)26(27-24(32)25(2,3)4)21-23(31)29(26,6)20(22(30)28(21)5)16-18-13-8-7-9-14-18/h7-16,21H,1-6H3/p+1/b20-16-. The molecule has 32 heavy (non-hydrogen) atoms. The molecule has 3 atom stereocenters. The van der Waals surface area contributed by atoms with Crippen molar-refractivity contribution in [3.05, 3.63) is 77.0 Å². The number of nitrogens with zero attached hydrogens (tertiary/aromatic N) is 2. The summed E-state index contributed by atoms with van der Waals surface area (Å²) in [6, 6.07) is 16.4. The Morgan fingerprint density at radius 2 is 1.66 bits per heavy atom. The third-order valence-electron chi connectivity index (χ3n) is 6.83. The number of nitrogens with one attached hydrogen (secondary N) is 1. The van der Waals surface area contributed by atoms with E-state index in [2.05, 4.69) is 5.32 Å². The van der Waals surface area contributed by atoms with Gasteiger partial charge in [-0.25, -0.2) is 4.79 Å². The van der Waals surface area contributed by atoms with Gasteiger partial charge in [0.1, 0.15) is 0 Å². The van der Waals surface area contributed by atoms with Gasteiger partial charge in [-0.3, -0.25) is 14.9 Å². The van der Waals surface area contributed by atoms with Crippen molar-refractivity contribution in [2.75, 3.05) is 14.1 Å². The molecule has 1 N–H and O–H groups in total. The van der Waals surface area contributed by atoms with E-state index in [-0.39, 0.29) is 22.2 Å². The number of aryl methyl sites for hydroxylation is 1. The lowest BCUT2D eigenvalue weighted by molar-refractivity contribution is -0.903. The molecule has 3 amide bonds. The summed E-state index contributed by atoms with van der Waals surface area (Å²) >= 11 is 0. The van der Waals surface area contributed by atoms with Crippen LogP contribution in [0.5, 0.6) is 0 Å². The highest BCUT2D eigenvalue weighted by Gasteiger charge is 2.82. The third kappa shape index (κ3) is 2.79. The highest BCUT2D eigenvalue weighted by atomic mass is 16.2. The number of rotatable bonds is 3. The number of likely N-dealkylation sites (N-methyl/N-ethyl adjacent to an activating group) is 2. The first-order chi connectivity index (χ1) is 15.0. The second kappa shape index (κ2) is 7.14. The van der Waals surface area contributed by atoms with Gasteiger partial charge >= 0.3 is 11.8 Å². The van der Waals surface area contributed by atoms with Gasteiger partial charge in [-0.05, 0) is 18.1 Å². The van der Waals surface area contributed by atoms with Crippen molar-refractivity contribution in [3.8, 4) is 0 Å². The molecule has 6 nitrogen and oxygen atoms in total. The molecule has 3 aliphatic heterocycles. The van der Waals surface area contributed by atoms with Gasteiger partial charge in [-0.15, -0.1) is 0 Å². The fraction of sp³-hybridized carbons (Fsp3) is 0.346. The Labute approximate surface area is 189 Å². The maximum Gasteiger partial charge on any atom is 0.352 e. The van der Waals surface area contributed by atoms with Gasteiger partial charge in [0, 0.05) is 24.1 Å². The Bertz CT molecular complexity index is 1150. The number of carbonyl (C=O) groups excluding carboxylic acids is 3. The zero-order valence-electron chi connectivity index (χ0n) is 19.5. The SMILES string of the molecule is Cc1ccccc1C1(NC(=O)C(C)(C)C)C2C(=O)[N+]1(C)/C(=C\c1ccccc1)C(=O)N2C. The molecule has 5 rings (SSSR count). The Morgan fingerprint density at radius 1 is 1.06 bits per heavy atom. The average Bonchev–Trinajstić information content (AvgIpc) is 2.75. The zero-order valence-corrected chi connectivity index (χ0v) is 19.5. The first-order valence-corrected chi connectivity index (χ1v) is 10.8. The lowest BCUT2D eigenvalue weighted by Crippen LogP contribution is -2.93. The van der Waals surface area contributed by atoms with Crippen molar-refractivity contribution in [3.63, 3.8) is 0 Å². The molecule has 166 valence electrons. The van der Waals surface area contributed by atoms with E-state index < -0.39 is 17.1 Å². The number of piperazine rings is 2. The van der Waals surface area contributed by atoms with E-state index in [4.69, 9.17) is 0 Å². The molecule has 3 aliphatic rings. The topological polar surface area (TPSA) is 66.5 Å². The first kappa shape index (κ1) is 22.0. The number of fused-ring (bicyclic) bond motifs is 2. The van der Waals surface area contributed by atoms with Crippen LogP contribution in [0.25, 0.3) is 6.08 Å².